The smallest absolute Gasteiger partial charge is 0.245 e. The lowest BCUT2D eigenvalue weighted by molar-refractivity contribution is 0.318. The van der Waals surface area contributed by atoms with Crippen LogP contribution in [-0.4, -0.2) is 33.5 Å². The molecular weight excluding hydrogens is 206 g/mol. The molecule has 0 bridgehead atoms. The normalized spacial score (nSPS) is 10.8. The van der Waals surface area contributed by atoms with Crippen molar-refractivity contribution in [1.82, 2.24) is 19.8 Å². The van der Waals surface area contributed by atoms with E-state index < -0.39 is 0 Å². The summed E-state index contributed by atoms with van der Waals surface area (Å²) in [6.45, 7) is 6.49. The third-order valence-corrected chi connectivity index (χ3v) is 2.55. The first-order valence-corrected chi connectivity index (χ1v) is 5.22. The van der Waals surface area contributed by atoms with Crippen molar-refractivity contribution >= 4 is 11.6 Å². The number of rotatable bonds is 3. The van der Waals surface area contributed by atoms with Crippen LogP contribution in [0.5, 0.6) is 5.88 Å². The molecule has 2 aromatic rings. The van der Waals surface area contributed by atoms with E-state index in [1.807, 2.05) is 20.8 Å². The van der Waals surface area contributed by atoms with Gasteiger partial charge in [0.25, 0.3) is 0 Å². The summed E-state index contributed by atoms with van der Waals surface area (Å²) in [5, 5.41) is 15.4. The monoisotopic (exact) mass is 221 g/mol. The van der Waals surface area contributed by atoms with Gasteiger partial charge in [0.1, 0.15) is 0 Å². The van der Waals surface area contributed by atoms with Crippen LogP contribution >= 0.6 is 0 Å². The fraction of sp³-hybridized carbons (Fsp3) is 0.500. The maximum Gasteiger partial charge on any atom is 0.245 e. The fourth-order valence-electron chi connectivity index (χ4n) is 1.53. The molecular formula is C10H15N5O. The van der Waals surface area contributed by atoms with Crippen molar-refractivity contribution in [2.24, 2.45) is 0 Å². The SMILES string of the molecule is CCOc1nn2c(NC)nnc2c(C)c1C. The van der Waals surface area contributed by atoms with E-state index in [-0.39, 0.29) is 0 Å². The standard InChI is InChI=1S/C10H15N5O/c1-5-16-9-7(3)6(2)8-12-13-10(11-4)15(8)14-9/h5H2,1-4H3,(H,11,13). The second-order valence-electron chi connectivity index (χ2n) is 3.50. The maximum absolute atomic E-state index is 5.48. The summed E-state index contributed by atoms with van der Waals surface area (Å²) in [4.78, 5) is 0. The molecule has 0 radical (unpaired) electrons. The molecule has 2 aromatic heterocycles. The van der Waals surface area contributed by atoms with Crippen molar-refractivity contribution in [3.05, 3.63) is 11.1 Å². The van der Waals surface area contributed by atoms with Crippen LogP contribution in [0, 0.1) is 13.8 Å². The molecule has 86 valence electrons. The van der Waals surface area contributed by atoms with Crippen molar-refractivity contribution in [2.75, 3.05) is 19.0 Å². The molecule has 16 heavy (non-hydrogen) atoms. The zero-order chi connectivity index (χ0) is 11.7. The molecule has 0 aliphatic rings. The zero-order valence-electron chi connectivity index (χ0n) is 9.90. The van der Waals surface area contributed by atoms with E-state index in [0.29, 0.717) is 18.4 Å². The summed E-state index contributed by atoms with van der Waals surface area (Å²) >= 11 is 0. The minimum Gasteiger partial charge on any atom is -0.477 e. The van der Waals surface area contributed by atoms with Gasteiger partial charge in [-0.2, -0.15) is 4.52 Å². The van der Waals surface area contributed by atoms with Crippen LogP contribution in [0.25, 0.3) is 5.65 Å². The number of hydrogen-bond acceptors (Lipinski definition) is 5. The second kappa shape index (κ2) is 3.96. The van der Waals surface area contributed by atoms with Crippen LogP contribution in [0.15, 0.2) is 0 Å². The van der Waals surface area contributed by atoms with Crippen LogP contribution in [0.3, 0.4) is 0 Å². The molecule has 0 fully saturated rings. The van der Waals surface area contributed by atoms with Crippen LogP contribution in [0.1, 0.15) is 18.1 Å². The van der Waals surface area contributed by atoms with Crippen LogP contribution < -0.4 is 10.1 Å². The Morgan fingerprint density at radius 2 is 2.00 bits per heavy atom. The number of anilines is 1. The van der Waals surface area contributed by atoms with E-state index in [2.05, 4.69) is 20.6 Å². The lowest BCUT2D eigenvalue weighted by atomic mass is 10.2. The molecule has 2 heterocycles. The predicted molar refractivity (Wildman–Crippen MR) is 61.0 cm³/mol. The fourth-order valence-corrected chi connectivity index (χ4v) is 1.53. The summed E-state index contributed by atoms with van der Waals surface area (Å²) in [7, 11) is 1.79. The second-order valence-corrected chi connectivity index (χ2v) is 3.50. The Balaban J connectivity index is 2.70. The molecule has 0 spiro atoms. The van der Waals surface area contributed by atoms with Gasteiger partial charge in [-0.3, -0.25) is 0 Å². The highest BCUT2D eigenvalue weighted by molar-refractivity contribution is 5.55. The van der Waals surface area contributed by atoms with E-state index >= 15 is 0 Å². The molecule has 6 nitrogen and oxygen atoms in total. The summed E-state index contributed by atoms with van der Waals surface area (Å²) in [5.41, 5.74) is 2.79. The first-order valence-electron chi connectivity index (χ1n) is 5.22. The molecule has 0 aromatic carbocycles. The molecule has 0 amide bonds. The molecule has 1 N–H and O–H groups in total. The van der Waals surface area contributed by atoms with Crippen LogP contribution in [-0.2, 0) is 0 Å². The Morgan fingerprint density at radius 3 is 2.62 bits per heavy atom. The Morgan fingerprint density at radius 1 is 1.25 bits per heavy atom. The quantitative estimate of drug-likeness (QED) is 0.843. The average molecular weight is 221 g/mol. The lowest BCUT2D eigenvalue weighted by Gasteiger charge is -2.09. The molecule has 0 saturated heterocycles. The zero-order valence-corrected chi connectivity index (χ0v) is 9.90. The molecule has 0 atom stereocenters. The van der Waals surface area contributed by atoms with Gasteiger partial charge in [-0.15, -0.1) is 15.3 Å². The lowest BCUT2D eigenvalue weighted by Crippen LogP contribution is -2.06. The summed E-state index contributed by atoms with van der Waals surface area (Å²) in [6.07, 6.45) is 0. The number of aryl methyl sites for hydroxylation is 1. The van der Waals surface area contributed by atoms with Gasteiger partial charge in [-0.25, -0.2) is 0 Å². The number of aromatic nitrogens is 4. The van der Waals surface area contributed by atoms with Crippen molar-refractivity contribution < 1.29 is 4.74 Å². The summed E-state index contributed by atoms with van der Waals surface area (Å²) < 4.78 is 7.14. The highest BCUT2D eigenvalue weighted by Gasteiger charge is 2.14. The van der Waals surface area contributed by atoms with Crippen LogP contribution in [0.4, 0.5) is 5.95 Å². The summed E-state index contributed by atoms with van der Waals surface area (Å²) in [5.74, 6) is 1.24. The maximum atomic E-state index is 5.48. The molecule has 0 saturated carbocycles. The number of nitrogens with zero attached hydrogens (tertiary/aromatic N) is 4. The molecule has 6 heteroatoms. The van der Waals surface area contributed by atoms with Gasteiger partial charge in [0, 0.05) is 18.2 Å². The van der Waals surface area contributed by atoms with E-state index in [1.54, 1.807) is 11.6 Å². The van der Waals surface area contributed by atoms with E-state index in [0.717, 1.165) is 16.8 Å². The number of hydrogen-bond donors (Lipinski definition) is 1. The highest BCUT2D eigenvalue weighted by atomic mass is 16.5. The molecule has 0 aliphatic carbocycles. The first kappa shape index (κ1) is 10.7. The molecule has 0 unspecified atom stereocenters. The Hall–Kier alpha value is -1.85. The minimum absolute atomic E-state index is 0.593. The number of fused-ring (bicyclic) bond motifs is 1. The Kier molecular flexibility index (Phi) is 2.64. The average Bonchev–Trinajstić information content (AvgIpc) is 2.69. The largest absolute Gasteiger partial charge is 0.477 e. The minimum atomic E-state index is 0.593. The van der Waals surface area contributed by atoms with Gasteiger partial charge < -0.3 is 10.1 Å². The van der Waals surface area contributed by atoms with Gasteiger partial charge in [0.05, 0.1) is 6.61 Å². The van der Waals surface area contributed by atoms with Crippen molar-refractivity contribution in [3.8, 4) is 5.88 Å². The predicted octanol–water partition coefficient (Wildman–Crippen LogP) is 1.18. The van der Waals surface area contributed by atoms with E-state index in [1.165, 1.54) is 0 Å². The van der Waals surface area contributed by atoms with Gasteiger partial charge >= 0.3 is 0 Å². The van der Waals surface area contributed by atoms with Crippen molar-refractivity contribution in [2.45, 2.75) is 20.8 Å². The number of nitrogens with one attached hydrogen (secondary N) is 1. The molecule has 2 rings (SSSR count). The van der Waals surface area contributed by atoms with Gasteiger partial charge in [-0.1, -0.05) is 0 Å². The van der Waals surface area contributed by atoms with Crippen LogP contribution in [0.2, 0.25) is 0 Å². The third kappa shape index (κ3) is 1.46. The van der Waals surface area contributed by atoms with E-state index in [9.17, 15) is 0 Å². The van der Waals surface area contributed by atoms with Crippen molar-refractivity contribution in [3.63, 3.8) is 0 Å². The Bertz CT molecular complexity index is 519. The topological polar surface area (TPSA) is 64.3 Å². The van der Waals surface area contributed by atoms with Gasteiger partial charge in [0.15, 0.2) is 5.65 Å². The number of ether oxygens (including phenoxy) is 1. The van der Waals surface area contributed by atoms with Gasteiger partial charge in [-0.05, 0) is 20.8 Å². The molecule has 0 aliphatic heterocycles. The third-order valence-electron chi connectivity index (χ3n) is 2.55. The van der Waals surface area contributed by atoms with Crippen molar-refractivity contribution in [1.29, 1.82) is 0 Å². The van der Waals surface area contributed by atoms with Gasteiger partial charge in [0.2, 0.25) is 11.8 Å². The Labute approximate surface area is 93.6 Å². The highest BCUT2D eigenvalue weighted by Crippen LogP contribution is 2.22. The summed E-state index contributed by atoms with van der Waals surface area (Å²) in [6, 6.07) is 0. The first-order chi connectivity index (χ1) is 7.69. The van der Waals surface area contributed by atoms with E-state index in [4.69, 9.17) is 4.74 Å².